The molecule has 3 heterocycles. The van der Waals surface area contributed by atoms with Crippen LogP contribution in [-0.2, 0) is 11.3 Å². The van der Waals surface area contributed by atoms with Gasteiger partial charge in [0.2, 0.25) is 5.91 Å². The van der Waals surface area contributed by atoms with Gasteiger partial charge in [-0.05, 0) is 31.9 Å². The molecule has 2 aromatic heterocycles. The second-order valence-electron chi connectivity index (χ2n) is 6.22. The average Bonchev–Trinajstić information content (AvgIpc) is 3.00. The third-order valence-corrected chi connectivity index (χ3v) is 4.56. The van der Waals surface area contributed by atoms with E-state index in [0.717, 1.165) is 43.2 Å². The largest absolute Gasteiger partial charge is 0.361 e. The Hall–Kier alpha value is -2.08. The summed E-state index contributed by atoms with van der Waals surface area (Å²) in [7, 11) is 1.82. The third-order valence-electron chi connectivity index (χ3n) is 4.33. The summed E-state index contributed by atoms with van der Waals surface area (Å²) in [6, 6.07) is 5.62. The Balaban J connectivity index is 1.53. The highest BCUT2D eigenvalue weighted by atomic mass is 35.5. The number of carbonyl (C=O) groups excluding carboxylic acids is 1. The summed E-state index contributed by atoms with van der Waals surface area (Å²) in [5, 5.41) is 4.58. The van der Waals surface area contributed by atoms with Gasteiger partial charge < -0.3 is 14.3 Å². The van der Waals surface area contributed by atoms with Gasteiger partial charge in [0.15, 0.2) is 0 Å². The van der Waals surface area contributed by atoms with Crippen LogP contribution in [0, 0.1) is 12.8 Å². The topological polar surface area (TPSA) is 62.5 Å². The van der Waals surface area contributed by atoms with E-state index >= 15 is 0 Å². The van der Waals surface area contributed by atoms with Crippen LogP contribution < -0.4 is 4.90 Å². The van der Waals surface area contributed by atoms with Gasteiger partial charge in [0.05, 0.1) is 11.6 Å². The minimum absolute atomic E-state index is 0.0477. The van der Waals surface area contributed by atoms with Gasteiger partial charge in [-0.25, -0.2) is 4.98 Å². The van der Waals surface area contributed by atoms with Crippen molar-refractivity contribution in [1.82, 2.24) is 15.0 Å². The maximum atomic E-state index is 12.6. The molecule has 0 spiro atoms. The number of carbonyl (C=O) groups is 1. The molecule has 6 nitrogen and oxygen atoms in total. The van der Waals surface area contributed by atoms with Crippen LogP contribution >= 0.6 is 11.6 Å². The minimum atomic E-state index is 0.0477. The lowest BCUT2D eigenvalue weighted by molar-refractivity contribution is -0.135. The number of halogens is 1. The molecule has 1 amide bonds. The molecule has 1 aliphatic heterocycles. The van der Waals surface area contributed by atoms with Gasteiger partial charge in [0, 0.05) is 38.3 Å². The van der Waals surface area contributed by atoms with Crippen LogP contribution in [0.2, 0.25) is 5.02 Å². The number of aromatic nitrogens is 2. The maximum Gasteiger partial charge on any atom is 0.225 e. The maximum absolute atomic E-state index is 12.6. The molecule has 128 valence electrons. The highest BCUT2D eigenvalue weighted by Crippen LogP contribution is 2.24. The van der Waals surface area contributed by atoms with Crippen LogP contribution in [0.5, 0.6) is 0 Å². The second kappa shape index (κ2) is 7.21. The number of anilines is 1. The van der Waals surface area contributed by atoms with Gasteiger partial charge >= 0.3 is 0 Å². The van der Waals surface area contributed by atoms with Crippen LogP contribution in [0.1, 0.15) is 24.3 Å². The number of piperidine rings is 1. The lowest BCUT2D eigenvalue weighted by Crippen LogP contribution is -2.41. The minimum Gasteiger partial charge on any atom is -0.361 e. The molecular weight excluding hydrogens is 328 g/mol. The van der Waals surface area contributed by atoms with Crippen LogP contribution in [0.3, 0.4) is 0 Å². The molecule has 0 aliphatic carbocycles. The number of rotatable bonds is 4. The van der Waals surface area contributed by atoms with Crippen LogP contribution in [0.25, 0.3) is 0 Å². The summed E-state index contributed by atoms with van der Waals surface area (Å²) in [6.07, 6.45) is 3.30. The summed E-state index contributed by atoms with van der Waals surface area (Å²) >= 11 is 5.88. The van der Waals surface area contributed by atoms with Crippen molar-refractivity contribution in [3.63, 3.8) is 0 Å². The molecule has 2 aromatic rings. The zero-order valence-corrected chi connectivity index (χ0v) is 14.7. The molecule has 24 heavy (non-hydrogen) atoms. The lowest BCUT2D eigenvalue weighted by Gasteiger charge is -2.33. The summed E-state index contributed by atoms with van der Waals surface area (Å²) in [6.45, 7) is 3.97. The van der Waals surface area contributed by atoms with E-state index in [1.165, 1.54) is 0 Å². The fourth-order valence-corrected chi connectivity index (χ4v) is 3.15. The van der Waals surface area contributed by atoms with E-state index in [9.17, 15) is 4.79 Å². The monoisotopic (exact) mass is 348 g/mol. The average molecular weight is 349 g/mol. The van der Waals surface area contributed by atoms with E-state index in [1.54, 1.807) is 11.1 Å². The summed E-state index contributed by atoms with van der Waals surface area (Å²) in [5.41, 5.74) is 0.783. The molecule has 0 unspecified atom stereocenters. The number of hydrogen-bond acceptors (Lipinski definition) is 5. The van der Waals surface area contributed by atoms with E-state index in [4.69, 9.17) is 16.1 Å². The van der Waals surface area contributed by atoms with Crippen LogP contribution in [0.15, 0.2) is 28.9 Å². The molecular formula is C17H21ClN4O2. The van der Waals surface area contributed by atoms with Gasteiger partial charge in [-0.1, -0.05) is 16.8 Å². The summed E-state index contributed by atoms with van der Waals surface area (Å²) in [5.74, 6) is 1.89. The Morgan fingerprint density at radius 2 is 2.17 bits per heavy atom. The lowest BCUT2D eigenvalue weighted by atomic mass is 9.95. The normalized spacial score (nSPS) is 15.5. The van der Waals surface area contributed by atoms with Crippen LogP contribution in [0.4, 0.5) is 5.82 Å². The first-order valence-corrected chi connectivity index (χ1v) is 8.44. The highest BCUT2D eigenvalue weighted by Gasteiger charge is 2.28. The quantitative estimate of drug-likeness (QED) is 0.850. The van der Waals surface area contributed by atoms with Crippen molar-refractivity contribution in [2.75, 3.05) is 25.0 Å². The summed E-state index contributed by atoms with van der Waals surface area (Å²) in [4.78, 5) is 20.9. The Bertz CT molecular complexity index is 693. The van der Waals surface area contributed by atoms with E-state index in [-0.39, 0.29) is 11.8 Å². The van der Waals surface area contributed by atoms with E-state index < -0.39 is 0 Å². The molecule has 0 N–H and O–H groups in total. The Morgan fingerprint density at radius 3 is 2.75 bits per heavy atom. The van der Waals surface area contributed by atoms with E-state index in [2.05, 4.69) is 15.0 Å². The Kier molecular flexibility index (Phi) is 5.04. The van der Waals surface area contributed by atoms with Crippen molar-refractivity contribution in [2.45, 2.75) is 26.3 Å². The smallest absolute Gasteiger partial charge is 0.225 e. The van der Waals surface area contributed by atoms with E-state index in [1.807, 2.05) is 32.2 Å². The second-order valence-corrected chi connectivity index (χ2v) is 6.66. The van der Waals surface area contributed by atoms with Crippen molar-refractivity contribution in [3.05, 3.63) is 40.9 Å². The van der Waals surface area contributed by atoms with Crippen molar-refractivity contribution in [3.8, 4) is 0 Å². The van der Waals surface area contributed by atoms with Gasteiger partial charge in [-0.3, -0.25) is 4.79 Å². The molecule has 0 radical (unpaired) electrons. The Morgan fingerprint density at radius 1 is 1.42 bits per heavy atom. The number of amides is 1. The fourth-order valence-electron chi connectivity index (χ4n) is 3.04. The highest BCUT2D eigenvalue weighted by molar-refractivity contribution is 6.30. The molecule has 0 aromatic carbocycles. The van der Waals surface area contributed by atoms with Crippen molar-refractivity contribution >= 4 is 23.3 Å². The van der Waals surface area contributed by atoms with Gasteiger partial charge in [0.25, 0.3) is 0 Å². The number of hydrogen-bond donors (Lipinski definition) is 0. The molecule has 1 saturated heterocycles. The Labute approximate surface area is 146 Å². The molecule has 7 heteroatoms. The van der Waals surface area contributed by atoms with Gasteiger partial charge in [0.1, 0.15) is 17.3 Å². The molecule has 3 rings (SSSR count). The zero-order chi connectivity index (χ0) is 17.1. The third kappa shape index (κ3) is 3.87. The van der Waals surface area contributed by atoms with Gasteiger partial charge in [-0.2, -0.15) is 0 Å². The predicted octanol–water partition coefficient (Wildman–Crippen LogP) is 2.91. The van der Waals surface area contributed by atoms with E-state index in [0.29, 0.717) is 11.6 Å². The van der Waals surface area contributed by atoms with Crippen molar-refractivity contribution < 1.29 is 9.32 Å². The van der Waals surface area contributed by atoms with Crippen LogP contribution in [-0.4, -0.2) is 41.1 Å². The molecule has 1 aliphatic rings. The predicted molar refractivity (Wildman–Crippen MR) is 91.9 cm³/mol. The first kappa shape index (κ1) is 16.8. The van der Waals surface area contributed by atoms with Crippen molar-refractivity contribution in [2.24, 2.45) is 5.92 Å². The number of aryl methyl sites for hydroxylation is 1. The number of nitrogens with zero attached hydrogens (tertiary/aromatic N) is 4. The van der Waals surface area contributed by atoms with Gasteiger partial charge in [-0.15, -0.1) is 0 Å². The number of pyridine rings is 1. The molecule has 0 atom stereocenters. The SMILES string of the molecule is Cc1cc(CN(C)C(=O)C2CCN(c3ccc(Cl)cn3)CC2)no1. The zero-order valence-electron chi connectivity index (χ0n) is 13.9. The fraction of sp³-hybridized carbons (Fsp3) is 0.471. The summed E-state index contributed by atoms with van der Waals surface area (Å²) < 4.78 is 5.05. The molecule has 1 fully saturated rings. The standard InChI is InChI=1S/C17H21ClN4O2/c1-12-9-15(20-24-12)11-21(2)17(23)13-5-7-22(8-6-13)16-4-3-14(18)10-19-16/h3-4,9-10,13H,5-8,11H2,1-2H3. The first-order valence-electron chi connectivity index (χ1n) is 8.06. The van der Waals surface area contributed by atoms with Crippen molar-refractivity contribution in [1.29, 1.82) is 0 Å². The molecule has 0 bridgehead atoms. The molecule has 0 saturated carbocycles. The first-order chi connectivity index (χ1) is 11.5.